The quantitative estimate of drug-likeness (QED) is 0.0791. The molecule has 2 heteroatoms. The first kappa shape index (κ1) is 33.3. The molecule has 0 aliphatic carbocycles. The fourth-order valence-corrected chi connectivity index (χ4v) is 4.90. The summed E-state index contributed by atoms with van der Waals surface area (Å²) in [5.41, 5.74) is 0. The summed E-state index contributed by atoms with van der Waals surface area (Å²) in [6.45, 7) is 4.54. The van der Waals surface area contributed by atoms with Crippen molar-refractivity contribution in [3.8, 4) is 0 Å². The molecule has 2 nitrogen and oxygen atoms in total. The van der Waals surface area contributed by atoms with Gasteiger partial charge in [-0.15, -0.1) is 0 Å². The van der Waals surface area contributed by atoms with Gasteiger partial charge in [-0.25, -0.2) is 0 Å². The van der Waals surface area contributed by atoms with Crippen LogP contribution >= 0.6 is 0 Å². The number of rotatable bonds is 29. The van der Waals surface area contributed by atoms with Crippen LogP contribution in [-0.4, -0.2) is 11.6 Å². The largest absolute Gasteiger partial charge is 0.299 e. The minimum atomic E-state index is 0.172. The molecule has 0 saturated carbocycles. The lowest BCUT2D eigenvalue weighted by Crippen LogP contribution is -2.07. The molecule has 0 bridgehead atoms. The first-order chi connectivity index (χ1) is 16.7. The summed E-state index contributed by atoms with van der Waals surface area (Å²) >= 11 is 0. The molecule has 0 atom stereocenters. The van der Waals surface area contributed by atoms with Gasteiger partial charge in [0.1, 0.15) is 11.6 Å². The summed E-state index contributed by atoms with van der Waals surface area (Å²) in [6, 6.07) is 0. The number of hydrogen-bond donors (Lipinski definition) is 0. The monoisotopic (exact) mass is 478 g/mol. The average molecular weight is 479 g/mol. The maximum Gasteiger partial charge on any atom is 0.140 e. The van der Waals surface area contributed by atoms with Crippen LogP contribution in [0.5, 0.6) is 0 Å². The highest BCUT2D eigenvalue weighted by Crippen LogP contribution is 2.15. The molecule has 34 heavy (non-hydrogen) atoms. The average Bonchev–Trinajstić information content (AvgIpc) is 2.82. The molecule has 0 N–H and O–H groups in total. The lowest BCUT2D eigenvalue weighted by molar-refractivity contribution is -0.127. The van der Waals surface area contributed by atoms with E-state index in [9.17, 15) is 9.59 Å². The molecule has 0 spiro atoms. The second kappa shape index (κ2) is 28.6. The van der Waals surface area contributed by atoms with E-state index in [4.69, 9.17) is 0 Å². The molecule has 0 unspecified atom stereocenters. The van der Waals surface area contributed by atoms with Gasteiger partial charge in [-0.3, -0.25) is 9.59 Å². The minimum Gasteiger partial charge on any atom is -0.299 e. The molecule has 0 heterocycles. The van der Waals surface area contributed by atoms with E-state index < -0.39 is 0 Å². The van der Waals surface area contributed by atoms with Crippen molar-refractivity contribution in [1.82, 2.24) is 0 Å². The molecule has 0 radical (unpaired) electrons. The summed E-state index contributed by atoms with van der Waals surface area (Å²) < 4.78 is 0. The highest BCUT2D eigenvalue weighted by atomic mass is 16.1. The van der Waals surface area contributed by atoms with Crippen LogP contribution in [0.4, 0.5) is 0 Å². The number of carbonyl (C=O) groups excluding carboxylic acids is 2. The molecule has 0 saturated heterocycles. The highest BCUT2D eigenvalue weighted by Gasteiger charge is 2.09. The fourth-order valence-electron chi connectivity index (χ4n) is 4.90. The van der Waals surface area contributed by atoms with Crippen molar-refractivity contribution in [2.24, 2.45) is 0 Å². The minimum absolute atomic E-state index is 0.172. The summed E-state index contributed by atoms with van der Waals surface area (Å²) in [4.78, 5) is 24.1. The Labute approximate surface area is 214 Å². The van der Waals surface area contributed by atoms with Crippen LogP contribution in [0.3, 0.4) is 0 Å². The molecule has 0 aromatic heterocycles. The smallest absolute Gasteiger partial charge is 0.140 e. The molecule has 202 valence electrons. The van der Waals surface area contributed by atoms with Crippen LogP contribution in [0.2, 0.25) is 0 Å². The number of hydrogen-bond acceptors (Lipinski definition) is 2. The Bertz CT molecular complexity index is 429. The Hall–Kier alpha value is -0.660. The van der Waals surface area contributed by atoms with Crippen molar-refractivity contribution in [2.75, 3.05) is 0 Å². The van der Waals surface area contributed by atoms with Crippen molar-refractivity contribution in [3.63, 3.8) is 0 Å². The maximum absolute atomic E-state index is 12.1. The van der Waals surface area contributed by atoms with E-state index in [1.807, 2.05) is 0 Å². The zero-order chi connectivity index (χ0) is 25.0. The van der Waals surface area contributed by atoms with Crippen LogP contribution in [0, 0.1) is 0 Å². The third-order valence-corrected chi connectivity index (χ3v) is 7.26. The maximum atomic E-state index is 12.1. The van der Waals surface area contributed by atoms with E-state index in [-0.39, 0.29) is 18.0 Å². The summed E-state index contributed by atoms with van der Waals surface area (Å²) in [5.74, 6) is 0.346. The van der Waals surface area contributed by atoms with Crippen LogP contribution in [0.15, 0.2) is 0 Å². The zero-order valence-corrected chi connectivity index (χ0v) is 23.6. The van der Waals surface area contributed by atoms with E-state index in [0.29, 0.717) is 12.8 Å². The van der Waals surface area contributed by atoms with E-state index >= 15 is 0 Å². The van der Waals surface area contributed by atoms with Gasteiger partial charge in [0.05, 0.1) is 6.42 Å². The van der Waals surface area contributed by atoms with Crippen LogP contribution in [0.25, 0.3) is 0 Å². The van der Waals surface area contributed by atoms with Gasteiger partial charge in [-0.1, -0.05) is 162 Å². The lowest BCUT2D eigenvalue weighted by Gasteiger charge is -2.04. The van der Waals surface area contributed by atoms with Crippen molar-refractivity contribution >= 4 is 11.6 Å². The van der Waals surface area contributed by atoms with Gasteiger partial charge in [-0.2, -0.15) is 0 Å². The summed E-state index contributed by atoms with van der Waals surface area (Å²) in [7, 11) is 0. The standard InChI is InChI=1S/C32H62O2/c1-3-5-7-9-11-13-15-16-17-19-21-23-25-27-29-32(34)30-31(33)28-26-24-22-20-18-14-12-10-8-6-4-2/h3-30H2,1-2H3. The Morgan fingerprint density at radius 1 is 0.324 bits per heavy atom. The second-order valence-corrected chi connectivity index (χ2v) is 10.9. The van der Waals surface area contributed by atoms with Gasteiger partial charge < -0.3 is 0 Å². The molecule has 0 aromatic rings. The molecule has 0 fully saturated rings. The first-order valence-electron chi connectivity index (χ1n) is 15.7. The molecule has 0 aliphatic heterocycles. The van der Waals surface area contributed by atoms with Gasteiger partial charge in [0, 0.05) is 12.8 Å². The summed E-state index contributed by atoms with van der Waals surface area (Å²) in [6.07, 6.45) is 34.4. The Balaban J connectivity index is 3.29. The molecule has 0 aliphatic rings. The first-order valence-corrected chi connectivity index (χ1v) is 15.7. The van der Waals surface area contributed by atoms with Crippen molar-refractivity contribution in [1.29, 1.82) is 0 Å². The van der Waals surface area contributed by atoms with E-state index in [0.717, 1.165) is 25.7 Å². The van der Waals surface area contributed by atoms with E-state index in [1.54, 1.807) is 0 Å². The Morgan fingerprint density at radius 2 is 0.529 bits per heavy atom. The molecule has 0 amide bonds. The molecule has 0 aromatic carbocycles. The molecular formula is C32H62O2. The SMILES string of the molecule is CCCCCCCCCCCCCCCCC(=O)CC(=O)CCCCCCCCCCCCC. The number of Topliss-reactive ketones (excluding diaryl/α,β-unsaturated/α-hetero) is 2. The Kier molecular flexibility index (Phi) is 28.0. The lowest BCUT2D eigenvalue weighted by atomic mass is 10.0. The normalized spacial score (nSPS) is 11.2. The van der Waals surface area contributed by atoms with Crippen molar-refractivity contribution < 1.29 is 9.59 Å². The number of unbranched alkanes of at least 4 members (excludes halogenated alkanes) is 23. The van der Waals surface area contributed by atoms with Crippen LogP contribution in [-0.2, 0) is 9.59 Å². The van der Waals surface area contributed by atoms with Crippen LogP contribution in [0.1, 0.15) is 194 Å². The van der Waals surface area contributed by atoms with Gasteiger partial charge in [0.15, 0.2) is 0 Å². The van der Waals surface area contributed by atoms with E-state index in [2.05, 4.69) is 13.8 Å². The number of carbonyl (C=O) groups is 2. The zero-order valence-electron chi connectivity index (χ0n) is 23.6. The third kappa shape index (κ3) is 27.6. The number of ketones is 2. The molecule has 0 rings (SSSR count). The van der Waals surface area contributed by atoms with Gasteiger partial charge in [-0.05, 0) is 12.8 Å². The van der Waals surface area contributed by atoms with E-state index in [1.165, 1.54) is 135 Å². The predicted molar refractivity (Wildman–Crippen MR) is 151 cm³/mol. The summed E-state index contributed by atoms with van der Waals surface area (Å²) in [5, 5.41) is 0. The Morgan fingerprint density at radius 3 is 0.765 bits per heavy atom. The second-order valence-electron chi connectivity index (χ2n) is 10.9. The van der Waals surface area contributed by atoms with Crippen LogP contribution < -0.4 is 0 Å². The third-order valence-electron chi connectivity index (χ3n) is 7.26. The van der Waals surface area contributed by atoms with Gasteiger partial charge in [0.2, 0.25) is 0 Å². The van der Waals surface area contributed by atoms with Crippen molar-refractivity contribution in [3.05, 3.63) is 0 Å². The fraction of sp³-hybridized carbons (Fsp3) is 0.938. The van der Waals surface area contributed by atoms with Gasteiger partial charge in [0.25, 0.3) is 0 Å². The van der Waals surface area contributed by atoms with Gasteiger partial charge >= 0.3 is 0 Å². The van der Waals surface area contributed by atoms with Crippen molar-refractivity contribution in [2.45, 2.75) is 194 Å². The molecular weight excluding hydrogens is 416 g/mol. The topological polar surface area (TPSA) is 34.1 Å². The highest BCUT2D eigenvalue weighted by molar-refractivity contribution is 5.98. The predicted octanol–water partition coefficient (Wildman–Crippen LogP) is 11.1.